The SMILES string of the molecule is CNC(=O)COc1cc2cc(Nc3nc(N4CCC(OC5CCC6(CC5)CN(c5ccc7c(c5O)CN(C5CCC(=O)NC5=O)C7=O)C6)CC4)ncc3Cl)ccc2n(C(C)C)c1=O. The molecule has 5 aliphatic rings. The first-order chi connectivity index (χ1) is 30.3. The van der Waals surface area contributed by atoms with E-state index in [1.165, 1.54) is 11.9 Å². The van der Waals surface area contributed by atoms with E-state index >= 15 is 0 Å². The van der Waals surface area contributed by atoms with Crippen molar-refractivity contribution in [1.82, 2.24) is 30.1 Å². The van der Waals surface area contributed by atoms with Gasteiger partial charge in [-0.25, -0.2) is 4.98 Å². The van der Waals surface area contributed by atoms with Crippen LogP contribution in [0.25, 0.3) is 10.9 Å². The first-order valence-electron chi connectivity index (χ1n) is 21.8. The highest BCUT2D eigenvalue weighted by Crippen LogP contribution is 2.49. The maximum absolute atomic E-state index is 13.2. The van der Waals surface area contributed by atoms with Gasteiger partial charge in [-0.1, -0.05) is 11.6 Å². The molecule has 18 heteroatoms. The Hall–Kier alpha value is -5.94. The molecule has 4 N–H and O–H groups in total. The van der Waals surface area contributed by atoms with Crippen molar-refractivity contribution in [3.8, 4) is 11.5 Å². The number of piperidine rings is 2. The van der Waals surface area contributed by atoms with Crippen molar-refractivity contribution in [3.05, 3.63) is 69.1 Å². The van der Waals surface area contributed by atoms with E-state index in [-0.39, 0.29) is 84.4 Å². The normalized spacial score (nSPS) is 20.3. The maximum Gasteiger partial charge on any atom is 0.293 e. The van der Waals surface area contributed by atoms with Crippen molar-refractivity contribution in [2.24, 2.45) is 5.41 Å². The average Bonchev–Trinajstić information content (AvgIpc) is 3.59. The number of pyridine rings is 1. The Morgan fingerprint density at radius 3 is 2.46 bits per heavy atom. The molecule has 1 saturated carbocycles. The first kappa shape index (κ1) is 42.4. The van der Waals surface area contributed by atoms with Gasteiger partial charge in [0.2, 0.25) is 17.8 Å². The number of benzene rings is 2. The summed E-state index contributed by atoms with van der Waals surface area (Å²) in [4.78, 5) is 77.6. The van der Waals surface area contributed by atoms with E-state index in [4.69, 9.17) is 26.1 Å². The highest BCUT2D eigenvalue weighted by Gasteiger charge is 2.47. The molecule has 6 heterocycles. The van der Waals surface area contributed by atoms with Crippen molar-refractivity contribution in [2.75, 3.05) is 55.0 Å². The van der Waals surface area contributed by atoms with Crippen LogP contribution in [0.15, 0.2) is 47.4 Å². The van der Waals surface area contributed by atoms with E-state index in [9.17, 15) is 29.1 Å². The summed E-state index contributed by atoms with van der Waals surface area (Å²) >= 11 is 6.60. The monoisotopic (exact) mass is 881 g/mol. The molecule has 4 aromatic rings. The van der Waals surface area contributed by atoms with E-state index in [0.717, 1.165) is 75.6 Å². The number of aromatic nitrogens is 3. The zero-order chi connectivity index (χ0) is 44.2. The number of hydrogen-bond acceptors (Lipinski definition) is 13. The molecule has 332 valence electrons. The number of carbonyl (C=O) groups is 4. The Morgan fingerprint density at radius 1 is 1.00 bits per heavy atom. The number of nitrogens with zero attached hydrogens (tertiary/aromatic N) is 6. The van der Waals surface area contributed by atoms with Gasteiger partial charge in [-0.3, -0.25) is 29.3 Å². The van der Waals surface area contributed by atoms with Crippen LogP contribution in [0.5, 0.6) is 11.5 Å². The van der Waals surface area contributed by atoms with Crippen molar-refractivity contribution in [2.45, 2.75) is 96.1 Å². The minimum atomic E-state index is -0.725. The zero-order valence-corrected chi connectivity index (χ0v) is 36.4. The van der Waals surface area contributed by atoms with E-state index in [1.54, 1.807) is 22.9 Å². The Bertz CT molecular complexity index is 2540. The Kier molecular flexibility index (Phi) is 11.4. The molecule has 1 spiro atoms. The lowest BCUT2D eigenvalue weighted by Crippen LogP contribution is -2.58. The summed E-state index contributed by atoms with van der Waals surface area (Å²) in [6, 6.07) is 9.95. The number of imide groups is 1. The molecule has 0 radical (unpaired) electrons. The number of ether oxygens (including phenoxy) is 2. The number of anilines is 4. The number of likely N-dealkylation sites (N-methyl/N-ethyl adjacent to an activating group) is 1. The fourth-order valence-corrected chi connectivity index (χ4v) is 10.0. The number of hydrogen-bond donors (Lipinski definition) is 4. The van der Waals surface area contributed by atoms with Gasteiger partial charge in [-0.05, 0) is 95.2 Å². The fraction of sp³-hybridized carbons (Fsp3) is 0.489. The molecule has 1 unspecified atom stereocenters. The lowest BCUT2D eigenvalue weighted by molar-refractivity contribution is -0.137. The van der Waals surface area contributed by atoms with Crippen LogP contribution >= 0.6 is 11.6 Å². The molecule has 0 bridgehead atoms. The van der Waals surface area contributed by atoms with Gasteiger partial charge in [0.15, 0.2) is 18.2 Å². The number of halogens is 1. The second kappa shape index (κ2) is 17.0. The fourth-order valence-electron chi connectivity index (χ4n) is 9.89. The quantitative estimate of drug-likeness (QED) is 0.150. The number of rotatable bonds is 11. The molecular formula is C45H52ClN9O8. The molecule has 4 fully saturated rings. The van der Waals surface area contributed by atoms with Crippen LogP contribution in [-0.2, 0) is 25.7 Å². The van der Waals surface area contributed by atoms with Gasteiger partial charge in [0.25, 0.3) is 17.4 Å². The van der Waals surface area contributed by atoms with E-state index in [1.807, 2.05) is 38.1 Å². The van der Waals surface area contributed by atoms with Gasteiger partial charge in [0.05, 0.1) is 36.2 Å². The molecule has 4 amide bonds. The van der Waals surface area contributed by atoms with Gasteiger partial charge >= 0.3 is 0 Å². The van der Waals surface area contributed by atoms with Crippen molar-refractivity contribution in [3.63, 3.8) is 0 Å². The zero-order valence-electron chi connectivity index (χ0n) is 35.6. The predicted octanol–water partition coefficient (Wildman–Crippen LogP) is 4.80. The summed E-state index contributed by atoms with van der Waals surface area (Å²) in [5.74, 6) is -0.229. The number of phenols is 1. The molecule has 4 aliphatic heterocycles. The summed E-state index contributed by atoms with van der Waals surface area (Å²) in [6.45, 7) is 6.83. The van der Waals surface area contributed by atoms with Gasteiger partial charge in [0, 0.05) is 73.3 Å². The van der Waals surface area contributed by atoms with Crippen LogP contribution in [0.4, 0.5) is 23.1 Å². The lowest BCUT2D eigenvalue weighted by Gasteiger charge is -2.54. The third kappa shape index (κ3) is 8.23. The standard InChI is InChI=1S/C45H52ClN9O8/c1-25(2)55-33-6-4-27(18-26(33)19-36(43(55)61)62-22-38(57)47-3)49-40-32(46)20-48-44(51-40)52-16-12-29(13-17-52)63-28-10-14-45(15-11-28)23-53(24-45)34-7-5-30-31(39(34)58)21-54(42(30)60)35-8-9-37(56)50-41(35)59/h4-7,18-20,25,28-29,35,58H,8-17,21-24H2,1-3H3,(H,47,57)(H,48,49,51)(H,50,56,59). The van der Waals surface area contributed by atoms with Gasteiger partial charge in [0.1, 0.15) is 16.8 Å². The summed E-state index contributed by atoms with van der Waals surface area (Å²) < 4.78 is 13.9. The maximum atomic E-state index is 13.2. The van der Waals surface area contributed by atoms with Gasteiger partial charge in [-0.15, -0.1) is 0 Å². The van der Waals surface area contributed by atoms with E-state index in [2.05, 4.69) is 30.7 Å². The molecule has 17 nitrogen and oxygen atoms in total. The second-order valence-electron chi connectivity index (χ2n) is 17.7. The summed E-state index contributed by atoms with van der Waals surface area (Å²) in [6.07, 6.45) is 8.10. The smallest absolute Gasteiger partial charge is 0.293 e. The third-order valence-corrected chi connectivity index (χ3v) is 13.6. The summed E-state index contributed by atoms with van der Waals surface area (Å²) in [7, 11) is 1.51. The minimum Gasteiger partial charge on any atom is -0.505 e. The Morgan fingerprint density at radius 2 is 1.75 bits per heavy atom. The highest BCUT2D eigenvalue weighted by molar-refractivity contribution is 6.33. The molecule has 2 aromatic carbocycles. The van der Waals surface area contributed by atoms with Crippen LogP contribution < -0.4 is 36.0 Å². The summed E-state index contributed by atoms with van der Waals surface area (Å²) in [5.41, 5.74) is 2.94. The Balaban J connectivity index is 0.767. The highest BCUT2D eigenvalue weighted by atomic mass is 35.5. The number of nitrogens with one attached hydrogen (secondary N) is 3. The molecule has 3 saturated heterocycles. The van der Waals surface area contributed by atoms with Crippen LogP contribution in [0.3, 0.4) is 0 Å². The number of amides is 4. The van der Waals surface area contributed by atoms with E-state index in [0.29, 0.717) is 39.3 Å². The predicted molar refractivity (Wildman–Crippen MR) is 236 cm³/mol. The van der Waals surface area contributed by atoms with Gasteiger partial charge in [-0.2, -0.15) is 4.98 Å². The van der Waals surface area contributed by atoms with Crippen LogP contribution in [-0.4, -0.2) is 106 Å². The molecule has 1 aliphatic carbocycles. The topological polar surface area (TPSA) is 201 Å². The minimum absolute atomic E-state index is 0.0863. The average molecular weight is 882 g/mol. The lowest BCUT2D eigenvalue weighted by atomic mass is 9.67. The van der Waals surface area contributed by atoms with Crippen LogP contribution in [0.1, 0.15) is 87.2 Å². The first-order valence-corrected chi connectivity index (χ1v) is 22.1. The van der Waals surface area contributed by atoms with Crippen molar-refractivity contribution in [1.29, 1.82) is 0 Å². The van der Waals surface area contributed by atoms with Crippen LogP contribution in [0, 0.1) is 5.41 Å². The largest absolute Gasteiger partial charge is 0.505 e. The Labute approximate surface area is 369 Å². The van der Waals surface area contributed by atoms with Crippen molar-refractivity contribution >= 4 is 69.3 Å². The van der Waals surface area contributed by atoms with Crippen molar-refractivity contribution < 1.29 is 33.8 Å². The number of fused-ring (bicyclic) bond motifs is 2. The number of aromatic hydroxyl groups is 1. The number of carbonyl (C=O) groups excluding carboxylic acids is 4. The van der Waals surface area contributed by atoms with E-state index < -0.39 is 11.9 Å². The molecule has 2 aromatic heterocycles. The van der Waals surface area contributed by atoms with Gasteiger partial charge < -0.3 is 44.5 Å². The summed E-state index contributed by atoms with van der Waals surface area (Å²) in [5, 5.41) is 20.6. The molecule has 1 atom stereocenters. The van der Waals surface area contributed by atoms with Crippen LogP contribution in [0.2, 0.25) is 5.02 Å². The number of phenolic OH excluding ortho intramolecular Hbond substituents is 1. The molecular weight excluding hydrogens is 830 g/mol. The third-order valence-electron chi connectivity index (χ3n) is 13.3. The molecule has 63 heavy (non-hydrogen) atoms. The molecule has 9 rings (SSSR count). The second-order valence-corrected chi connectivity index (χ2v) is 18.1.